The molecule has 0 spiro atoms. The second-order valence-corrected chi connectivity index (χ2v) is 9.70. The Balaban J connectivity index is 1.62. The third-order valence-corrected chi connectivity index (χ3v) is 6.84. The van der Waals surface area contributed by atoms with Gasteiger partial charge in [-0.1, -0.05) is 23.7 Å². The average Bonchev–Trinajstić information content (AvgIpc) is 3.67. The van der Waals surface area contributed by atoms with Gasteiger partial charge < -0.3 is 19.3 Å². The fraction of sp³-hybridized carbons (Fsp3) is 0.321. The zero-order chi connectivity index (χ0) is 23.8. The Labute approximate surface area is 205 Å². The van der Waals surface area contributed by atoms with Gasteiger partial charge in [0.05, 0.1) is 26.2 Å². The van der Waals surface area contributed by atoms with Crippen LogP contribution in [0.4, 0.5) is 11.4 Å². The van der Waals surface area contributed by atoms with Crippen LogP contribution in [0.15, 0.2) is 60.7 Å². The average molecular weight is 477 g/mol. The van der Waals surface area contributed by atoms with Crippen LogP contribution in [0.1, 0.15) is 35.6 Å². The van der Waals surface area contributed by atoms with Gasteiger partial charge in [-0.25, -0.2) is 0 Å². The number of halogens is 1. The molecule has 1 atom stereocenters. The largest absolute Gasteiger partial charge is 0.493 e. The Kier molecular flexibility index (Phi) is 6.13. The Morgan fingerprint density at radius 3 is 2.32 bits per heavy atom. The molecular formula is C28H29ClN2O3. The number of hydrogen-bond acceptors (Lipinski definition) is 4. The first-order valence-electron chi connectivity index (χ1n) is 11.6. The molecule has 3 aromatic rings. The molecule has 1 aliphatic heterocycles. The van der Waals surface area contributed by atoms with Crippen LogP contribution >= 0.6 is 11.6 Å². The number of ether oxygens (including phenoxy) is 2. The van der Waals surface area contributed by atoms with Gasteiger partial charge in [0.15, 0.2) is 11.5 Å². The van der Waals surface area contributed by atoms with Gasteiger partial charge in [0.1, 0.15) is 0 Å². The van der Waals surface area contributed by atoms with E-state index in [-0.39, 0.29) is 11.9 Å². The monoisotopic (exact) mass is 476 g/mol. The number of rotatable bonds is 7. The minimum atomic E-state index is -0.298. The highest BCUT2D eigenvalue weighted by molar-refractivity contribution is 6.30. The topological polar surface area (TPSA) is 42.0 Å². The van der Waals surface area contributed by atoms with Crippen molar-refractivity contribution in [1.29, 1.82) is 0 Å². The van der Waals surface area contributed by atoms with Crippen molar-refractivity contribution in [3.8, 4) is 11.5 Å². The van der Waals surface area contributed by atoms with E-state index >= 15 is 0 Å². The summed E-state index contributed by atoms with van der Waals surface area (Å²) in [5, 5.41) is 0.663. The van der Waals surface area contributed by atoms with E-state index in [0.29, 0.717) is 29.7 Å². The summed E-state index contributed by atoms with van der Waals surface area (Å²) in [5.74, 6) is 2.06. The molecule has 2 aliphatic rings. The fourth-order valence-electron chi connectivity index (χ4n) is 4.50. The van der Waals surface area contributed by atoms with E-state index in [2.05, 4.69) is 6.07 Å². The van der Waals surface area contributed by atoms with Crippen molar-refractivity contribution in [2.45, 2.75) is 25.3 Å². The first-order valence-corrected chi connectivity index (χ1v) is 12.0. The molecule has 5 rings (SSSR count). The lowest BCUT2D eigenvalue weighted by molar-refractivity contribution is -0.118. The smallest absolute Gasteiger partial charge is 0.232 e. The highest BCUT2D eigenvalue weighted by Gasteiger charge is 2.36. The number of benzene rings is 3. The number of anilines is 2. The second kappa shape index (κ2) is 9.22. The molecule has 1 fully saturated rings. The maximum absolute atomic E-state index is 13.6. The third kappa shape index (κ3) is 4.45. The molecule has 1 heterocycles. The van der Waals surface area contributed by atoms with Crippen LogP contribution in [-0.4, -0.2) is 33.7 Å². The Hall–Kier alpha value is -3.18. The summed E-state index contributed by atoms with van der Waals surface area (Å²) < 4.78 is 11.8. The minimum Gasteiger partial charge on any atom is -0.493 e. The van der Waals surface area contributed by atoms with Crippen molar-refractivity contribution >= 4 is 28.9 Å². The highest BCUT2D eigenvalue weighted by Crippen LogP contribution is 2.44. The molecule has 6 heteroatoms. The van der Waals surface area contributed by atoms with E-state index in [1.807, 2.05) is 78.5 Å². The van der Waals surface area contributed by atoms with Gasteiger partial charge in [0.2, 0.25) is 5.91 Å². The zero-order valence-electron chi connectivity index (χ0n) is 19.8. The number of fused-ring (bicyclic) bond motifs is 1. The molecule has 0 saturated heterocycles. The van der Waals surface area contributed by atoms with Crippen molar-refractivity contribution < 1.29 is 14.3 Å². The quantitative estimate of drug-likeness (QED) is 0.427. The number of methoxy groups -OCH3 is 1. The van der Waals surface area contributed by atoms with Crippen molar-refractivity contribution in [2.75, 3.05) is 37.6 Å². The summed E-state index contributed by atoms with van der Waals surface area (Å²) in [6.07, 6.45) is 2.73. The van der Waals surface area contributed by atoms with Crippen LogP contribution in [0, 0.1) is 5.92 Å². The van der Waals surface area contributed by atoms with Crippen LogP contribution in [0.25, 0.3) is 0 Å². The zero-order valence-corrected chi connectivity index (χ0v) is 20.5. The van der Waals surface area contributed by atoms with Crippen molar-refractivity contribution in [1.82, 2.24) is 0 Å². The standard InChI is InChI=1S/C28H29ClN2O3/c1-30(2)22-10-12-23(13-11-22)31-27(32)15-20-14-25(33-3)26(34-17-18-4-5-18)16-24(20)28(31)19-6-8-21(29)9-7-19/h6-14,16,18,28H,4-5,15,17H2,1-3H3. The number of nitrogens with zero attached hydrogens (tertiary/aromatic N) is 2. The first kappa shape index (κ1) is 22.6. The molecule has 1 aliphatic carbocycles. The van der Waals surface area contributed by atoms with Crippen molar-refractivity contribution in [2.24, 2.45) is 5.92 Å². The van der Waals surface area contributed by atoms with Crippen molar-refractivity contribution in [3.63, 3.8) is 0 Å². The molecule has 1 amide bonds. The molecule has 0 aromatic heterocycles. The van der Waals surface area contributed by atoms with E-state index in [9.17, 15) is 4.79 Å². The van der Waals surface area contributed by atoms with E-state index in [1.165, 1.54) is 12.8 Å². The summed E-state index contributed by atoms with van der Waals surface area (Å²) >= 11 is 6.20. The third-order valence-electron chi connectivity index (χ3n) is 6.59. The van der Waals surface area contributed by atoms with Crippen LogP contribution in [0.2, 0.25) is 5.02 Å². The number of amides is 1. The minimum absolute atomic E-state index is 0.0405. The summed E-state index contributed by atoms with van der Waals surface area (Å²) in [7, 11) is 5.65. The van der Waals surface area contributed by atoms with Gasteiger partial charge in [0.25, 0.3) is 0 Å². The van der Waals surface area contributed by atoms with Gasteiger partial charge in [-0.3, -0.25) is 4.79 Å². The fourth-order valence-corrected chi connectivity index (χ4v) is 4.63. The van der Waals surface area contributed by atoms with Crippen molar-refractivity contribution in [3.05, 3.63) is 82.4 Å². The molecule has 1 unspecified atom stereocenters. The number of carbonyl (C=O) groups excluding carboxylic acids is 1. The molecule has 0 radical (unpaired) electrons. The van der Waals surface area contributed by atoms with Crippen LogP contribution in [0.3, 0.4) is 0 Å². The Bertz CT molecular complexity index is 1190. The summed E-state index contributed by atoms with van der Waals surface area (Å²) in [6.45, 7) is 0.690. The van der Waals surface area contributed by atoms with E-state index in [0.717, 1.165) is 33.8 Å². The normalized spacial score (nSPS) is 17.4. The lowest BCUT2D eigenvalue weighted by atomic mass is 9.87. The lowest BCUT2D eigenvalue weighted by Gasteiger charge is -2.38. The SMILES string of the molecule is COc1cc2c(cc1OCC1CC1)C(c1ccc(Cl)cc1)N(c1ccc(N(C)C)cc1)C(=O)C2. The molecule has 0 N–H and O–H groups in total. The predicted molar refractivity (Wildman–Crippen MR) is 136 cm³/mol. The molecule has 5 nitrogen and oxygen atoms in total. The molecule has 1 saturated carbocycles. The number of carbonyl (C=O) groups is 1. The molecule has 3 aromatic carbocycles. The van der Waals surface area contributed by atoms with Gasteiger partial charge in [-0.15, -0.1) is 0 Å². The van der Waals surface area contributed by atoms with E-state index < -0.39 is 0 Å². The van der Waals surface area contributed by atoms with Crippen LogP contribution in [-0.2, 0) is 11.2 Å². The van der Waals surface area contributed by atoms with Gasteiger partial charge in [-0.05, 0) is 84.0 Å². The molecule has 176 valence electrons. The number of hydrogen-bond donors (Lipinski definition) is 0. The van der Waals surface area contributed by atoms with Crippen LogP contribution in [0.5, 0.6) is 11.5 Å². The Morgan fingerprint density at radius 2 is 1.71 bits per heavy atom. The molecule has 0 bridgehead atoms. The Morgan fingerprint density at radius 1 is 1.00 bits per heavy atom. The summed E-state index contributed by atoms with van der Waals surface area (Å²) in [6, 6.07) is 19.5. The van der Waals surface area contributed by atoms with E-state index in [1.54, 1.807) is 7.11 Å². The lowest BCUT2D eigenvalue weighted by Crippen LogP contribution is -2.41. The molecular weight excluding hydrogens is 448 g/mol. The maximum Gasteiger partial charge on any atom is 0.232 e. The first-order chi connectivity index (χ1) is 16.4. The van der Waals surface area contributed by atoms with Gasteiger partial charge in [0, 0.05) is 30.5 Å². The van der Waals surface area contributed by atoms with Gasteiger partial charge in [-0.2, -0.15) is 0 Å². The van der Waals surface area contributed by atoms with Gasteiger partial charge >= 0.3 is 0 Å². The summed E-state index contributed by atoms with van der Waals surface area (Å²) in [4.78, 5) is 17.5. The van der Waals surface area contributed by atoms with Crippen LogP contribution < -0.4 is 19.3 Å². The highest BCUT2D eigenvalue weighted by atomic mass is 35.5. The molecule has 34 heavy (non-hydrogen) atoms. The van der Waals surface area contributed by atoms with E-state index in [4.69, 9.17) is 21.1 Å². The second-order valence-electron chi connectivity index (χ2n) is 9.26. The maximum atomic E-state index is 13.6. The predicted octanol–water partition coefficient (Wildman–Crippen LogP) is 5.88. The summed E-state index contributed by atoms with van der Waals surface area (Å²) in [5.41, 5.74) is 4.94.